The lowest BCUT2D eigenvalue weighted by Gasteiger charge is -2.15. The molecule has 35 heavy (non-hydrogen) atoms. The Hall–Kier alpha value is -3.51. The quantitative estimate of drug-likeness (QED) is 0.362. The standard InChI is InChI=1S/C29H30N2O3S/c1-18-7-10-23(11-8-18)30-29-31(5)28(32)27(35-29)16-22-9-12-25(26(15-22)33-6)34-17-24-20(3)13-19(2)14-21(24)4/h7-16H,17H2,1-6H3/b27-16+,30-29?. The Morgan fingerprint density at radius 2 is 1.60 bits per heavy atom. The second-order valence-electron chi connectivity index (χ2n) is 8.78. The molecule has 3 aromatic rings. The van der Waals surface area contributed by atoms with Gasteiger partial charge in [-0.05, 0) is 92.1 Å². The van der Waals surface area contributed by atoms with E-state index in [1.807, 2.05) is 55.5 Å². The van der Waals surface area contributed by atoms with E-state index in [4.69, 9.17) is 9.47 Å². The molecule has 3 aromatic carbocycles. The number of likely N-dealkylation sites (N-methyl/N-ethyl adjacent to an activating group) is 1. The van der Waals surface area contributed by atoms with E-state index in [1.54, 1.807) is 19.1 Å². The van der Waals surface area contributed by atoms with Crippen LogP contribution in [0.5, 0.6) is 11.5 Å². The molecular formula is C29H30N2O3S. The normalized spacial score (nSPS) is 15.8. The van der Waals surface area contributed by atoms with E-state index in [1.165, 1.54) is 39.6 Å². The number of amides is 1. The first-order chi connectivity index (χ1) is 16.7. The zero-order valence-electron chi connectivity index (χ0n) is 21.0. The highest BCUT2D eigenvalue weighted by atomic mass is 32.2. The van der Waals surface area contributed by atoms with Gasteiger partial charge < -0.3 is 9.47 Å². The number of carbonyl (C=O) groups is 1. The van der Waals surface area contributed by atoms with Crippen LogP contribution in [-0.4, -0.2) is 30.1 Å². The highest BCUT2D eigenvalue weighted by Crippen LogP contribution is 2.35. The van der Waals surface area contributed by atoms with Crippen molar-refractivity contribution in [1.29, 1.82) is 0 Å². The van der Waals surface area contributed by atoms with E-state index >= 15 is 0 Å². The Bertz CT molecular complexity index is 1300. The molecule has 0 saturated carbocycles. The summed E-state index contributed by atoms with van der Waals surface area (Å²) >= 11 is 1.37. The molecule has 0 aromatic heterocycles. The molecule has 180 valence electrons. The monoisotopic (exact) mass is 486 g/mol. The number of amidine groups is 1. The number of hydrogen-bond acceptors (Lipinski definition) is 5. The van der Waals surface area contributed by atoms with Crippen LogP contribution in [0.1, 0.15) is 33.4 Å². The van der Waals surface area contributed by atoms with Gasteiger partial charge in [0, 0.05) is 7.05 Å². The number of benzene rings is 3. The average Bonchev–Trinajstić information content (AvgIpc) is 3.08. The van der Waals surface area contributed by atoms with Crippen molar-refractivity contribution in [1.82, 2.24) is 4.90 Å². The minimum absolute atomic E-state index is 0.0783. The van der Waals surface area contributed by atoms with Gasteiger partial charge in [0.15, 0.2) is 16.7 Å². The average molecular weight is 487 g/mol. The minimum Gasteiger partial charge on any atom is -0.493 e. The Morgan fingerprint density at radius 3 is 2.26 bits per heavy atom. The van der Waals surface area contributed by atoms with Gasteiger partial charge in [0.25, 0.3) is 5.91 Å². The van der Waals surface area contributed by atoms with Gasteiger partial charge in [0.05, 0.1) is 17.7 Å². The molecule has 1 fully saturated rings. The number of methoxy groups -OCH3 is 1. The predicted octanol–water partition coefficient (Wildman–Crippen LogP) is 6.74. The summed E-state index contributed by atoms with van der Waals surface area (Å²) in [6, 6.07) is 18.0. The van der Waals surface area contributed by atoms with Gasteiger partial charge in [-0.2, -0.15) is 0 Å². The molecule has 5 nitrogen and oxygen atoms in total. The molecule has 1 aliphatic rings. The molecule has 0 N–H and O–H groups in total. The Labute approximate surface area is 211 Å². The van der Waals surface area contributed by atoms with Crippen molar-refractivity contribution in [2.75, 3.05) is 14.2 Å². The molecule has 0 radical (unpaired) electrons. The molecular weight excluding hydrogens is 456 g/mol. The van der Waals surface area contributed by atoms with Crippen molar-refractivity contribution < 1.29 is 14.3 Å². The lowest BCUT2D eigenvalue weighted by molar-refractivity contribution is -0.121. The number of nitrogens with zero attached hydrogens (tertiary/aromatic N) is 2. The van der Waals surface area contributed by atoms with Crippen LogP contribution in [0.25, 0.3) is 6.08 Å². The summed E-state index contributed by atoms with van der Waals surface area (Å²) in [5.74, 6) is 1.21. The van der Waals surface area contributed by atoms with E-state index in [0.717, 1.165) is 11.3 Å². The van der Waals surface area contributed by atoms with Crippen molar-refractivity contribution in [3.8, 4) is 11.5 Å². The number of hydrogen-bond donors (Lipinski definition) is 0. The fourth-order valence-corrected chi connectivity index (χ4v) is 5.00. The van der Waals surface area contributed by atoms with Crippen LogP contribution >= 0.6 is 11.8 Å². The molecule has 6 heteroatoms. The number of thioether (sulfide) groups is 1. The molecule has 0 aliphatic carbocycles. The smallest absolute Gasteiger partial charge is 0.266 e. The fourth-order valence-electron chi connectivity index (χ4n) is 4.01. The maximum absolute atomic E-state index is 12.8. The van der Waals surface area contributed by atoms with Crippen LogP contribution in [0.2, 0.25) is 0 Å². The summed E-state index contributed by atoms with van der Waals surface area (Å²) in [6.45, 7) is 8.81. The van der Waals surface area contributed by atoms with Gasteiger partial charge in [-0.1, -0.05) is 41.5 Å². The molecule has 0 bridgehead atoms. The summed E-state index contributed by atoms with van der Waals surface area (Å²) < 4.78 is 11.7. The van der Waals surface area contributed by atoms with E-state index < -0.39 is 0 Å². The maximum Gasteiger partial charge on any atom is 0.266 e. The third-order valence-corrected chi connectivity index (χ3v) is 7.02. The van der Waals surface area contributed by atoms with Gasteiger partial charge in [0.1, 0.15) is 6.61 Å². The van der Waals surface area contributed by atoms with Crippen LogP contribution in [0.4, 0.5) is 5.69 Å². The number of aliphatic imine (C=N–C) groups is 1. The van der Waals surface area contributed by atoms with E-state index in [9.17, 15) is 4.79 Å². The SMILES string of the molecule is COc1cc(/C=C2/SC(=Nc3ccc(C)cc3)N(C)C2=O)ccc1OCc1c(C)cc(C)cc1C. The van der Waals surface area contributed by atoms with E-state index in [0.29, 0.717) is 28.2 Å². The largest absolute Gasteiger partial charge is 0.493 e. The number of rotatable bonds is 6. The number of ether oxygens (including phenoxy) is 2. The first kappa shape index (κ1) is 24.6. The molecule has 0 spiro atoms. The van der Waals surface area contributed by atoms with Crippen molar-refractivity contribution in [2.45, 2.75) is 34.3 Å². The van der Waals surface area contributed by atoms with Crippen molar-refractivity contribution in [2.24, 2.45) is 4.99 Å². The molecule has 0 unspecified atom stereocenters. The molecule has 4 rings (SSSR count). The Morgan fingerprint density at radius 1 is 0.914 bits per heavy atom. The summed E-state index contributed by atoms with van der Waals surface area (Å²) in [7, 11) is 3.37. The third kappa shape index (κ3) is 5.60. The van der Waals surface area contributed by atoms with Crippen LogP contribution in [0, 0.1) is 27.7 Å². The molecule has 1 heterocycles. The van der Waals surface area contributed by atoms with Gasteiger partial charge >= 0.3 is 0 Å². The van der Waals surface area contributed by atoms with Gasteiger partial charge in [-0.3, -0.25) is 9.69 Å². The Balaban J connectivity index is 1.53. The van der Waals surface area contributed by atoms with Crippen molar-refractivity contribution in [3.05, 3.63) is 92.9 Å². The summed E-state index contributed by atoms with van der Waals surface area (Å²) in [4.78, 5) is 19.7. The second kappa shape index (κ2) is 10.4. The molecule has 1 aliphatic heterocycles. The van der Waals surface area contributed by atoms with E-state index in [-0.39, 0.29) is 5.91 Å². The lowest BCUT2D eigenvalue weighted by atomic mass is 10.0. The van der Waals surface area contributed by atoms with Crippen LogP contribution in [0.3, 0.4) is 0 Å². The number of carbonyl (C=O) groups excluding carboxylic acids is 1. The van der Waals surface area contributed by atoms with Crippen LogP contribution in [-0.2, 0) is 11.4 Å². The molecule has 0 atom stereocenters. The third-order valence-electron chi connectivity index (χ3n) is 5.96. The van der Waals surface area contributed by atoms with Crippen LogP contribution < -0.4 is 9.47 Å². The van der Waals surface area contributed by atoms with Crippen molar-refractivity contribution >= 4 is 34.6 Å². The highest BCUT2D eigenvalue weighted by Gasteiger charge is 2.30. The topological polar surface area (TPSA) is 51.1 Å². The maximum atomic E-state index is 12.8. The first-order valence-corrected chi connectivity index (χ1v) is 12.3. The lowest BCUT2D eigenvalue weighted by Crippen LogP contribution is -2.23. The zero-order chi connectivity index (χ0) is 25.1. The summed E-state index contributed by atoms with van der Waals surface area (Å²) in [6.07, 6.45) is 1.86. The van der Waals surface area contributed by atoms with Gasteiger partial charge in [-0.15, -0.1) is 0 Å². The minimum atomic E-state index is -0.0783. The highest BCUT2D eigenvalue weighted by molar-refractivity contribution is 8.18. The molecule has 1 saturated heterocycles. The summed E-state index contributed by atoms with van der Waals surface area (Å²) in [5, 5.41) is 0.654. The molecule has 1 amide bonds. The summed E-state index contributed by atoms with van der Waals surface area (Å²) in [5.41, 5.74) is 7.71. The van der Waals surface area contributed by atoms with Crippen LogP contribution in [0.15, 0.2) is 64.5 Å². The van der Waals surface area contributed by atoms with Gasteiger partial charge in [0.2, 0.25) is 0 Å². The number of aryl methyl sites for hydroxylation is 4. The Kier molecular flexibility index (Phi) is 7.31. The first-order valence-electron chi connectivity index (χ1n) is 11.5. The van der Waals surface area contributed by atoms with Gasteiger partial charge in [-0.25, -0.2) is 4.99 Å². The van der Waals surface area contributed by atoms with E-state index in [2.05, 4.69) is 37.9 Å². The zero-order valence-corrected chi connectivity index (χ0v) is 21.8. The fraction of sp³-hybridized carbons (Fsp3) is 0.241. The van der Waals surface area contributed by atoms with Crippen molar-refractivity contribution in [3.63, 3.8) is 0 Å². The predicted molar refractivity (Wildman–Crippen MR) is 145 cm³/mol. The second-order valence-corrected chi connectivity index (χ2v) is 9.79.